The summed E-state index contributed by atoms with van der Waals surface area (Å²) >= 11 is 0. The van der Waals surface area contributed by atoms with Crippen LogP contribution in [-0.2, 0) is 14.8 Å². The topological polar surface area (TPSA) is 83.5 Å². The quantitative estimate of drug-likeness (QED) is 0.816. The first-order valence-corrected chi connectivity index (χ1v) is 8.10. The molecule has 1 aliphatic rings. The summed E-state index contributed by atoms with van der Waals surface area (Å²) in [7, 11) is -3.89. The average molecular weight is 313 g/mol. The van der Waals surface area contributed by atoms with Crippen molar-refractivity contribution in [1.82, 2.24) is 4.72 Å². The van der Waals surface area contributed by atoms with Crippen LogP contribution in [0.25, 0.3) is 6.08 Å². The Labute approximate surface area is 122 Å². The Morgan fingerprint density at radius 3 is 2.57 bits per heavy atom. The zero-order valence-electron chi connectivity index (χ0n) is 11.3. The maximum atomic E-state index is 13.9. The Balaban J connectivity index is 2.21. The lowest BCUT2D eigenvalue weighted by atomic mass is 10.2. The number of sulfonamides is 1. The molecule has 0 radical (unpaired) electrons. The Bertz CT molecular complexity index is 664. The summed E-state index contributed by atoms with van der Waals surface area (Å²) in [6.45, 7) is 0. The van der Waals surface area contributed by atoms with E-state index in [1.165, 1.54) is 12.1 Å². The lowest BCUT2D eigenvalue weighted by Gasteiger charge is -2.13. The zero-order chi connectivity index (χ0) is 15.5. The summed E-state index contributed by atoms with van der Waals surface area (Å²) in [5.74, 6) is -2.05. The van der Waals surface area contributed by atoms with Crippen LogP contribution in [0.3, 0.4) is 0 Å². The molecule has 0 spiro atoms. The highest BCUT2D eigenvalue weighted by atomic mass is 32.2. The minimum absolute atomic E-state index is 0.138. The molecule has 114 valence electrons. The predicted octanol–water partition coefficient (Wildman–Crippen LogP) is 2.14. The van der Waals surface area contributed by atoms with Crippen LogP contribution in [0, 0.1) is 5.82 Å². The highest BCUT2D eigenvalue weighted by Gasteiger charge is 2.25. The van der Waals surface area contributed by atoms with Crippen LogP contribution in [0.15, 0.2) is 29.2 Å². The molecular formula is C14H16FNO4S. The zero-order valence-corrected chi connectivity index (χ0v) is 12.1. The molecule has 0 aliphatic heterocycles. The van der Waals surface area contributed by atoms with Gasteiger partial charge in [0.1, 0.15) is 10.7 Å². The molecule has 0 aromatic heterocycles. The van der Waals surface area contributed by atoms with Crippen molar-refractivity contribution in [3.05, 3.63) is 35.7 Å². The summed E-state index contributed by atoms with van der Waals surface area (Å²) in [4.78, 5) is 9.98. The van der Waals surface area contributed by atoms with E-state index in [4.69, 9.17) is 5.11 Å². The Morgan fingerprint density at radius 2 is 2.00 bits per heavy atom. The van der Waals surface area contributed by atoms with E-state index in [9.17, 15) is 17.6 Å². The Kier molecular flexibility index (Phi) is 4.74. The van der Waals surface area contributed by atoms with Crippen molar-refractivity contribution in [2.24, 2.45) is 0 Å². The molecule has 1 saturated carbocycles. The first kappa shape index (κ1) is 15.7. The fraction of sp³-hybridized carbons (Fsp3) is 0.357. The minimum atomic E-state index is -3.89. The number of hydrogen-bond donors (Lipinski definition) is 2. The molecule has 0 heterocycles. The molecule has 1 aliphatic carbocycles. The second-order valence-electron chi connectivity index (χ2n) is 4.96. The highest BCUT2D eigenvalue weighted by molar-refractivity contribution is 7.89. The van der Waals surface area contributed by atoms with E-state index in [-0.39, 0.29) is 11.6 Å². The van der Waals surface area contributed by atoms with Crippen LogP contribution < -0.4 is 4.72 Å². The van der Waals surface area contributed by atoms with Gasteiger partial charge in [0, 0.05) is 12.1 Å². The molecule has 2 N–H and O–H groups in total. The Morgan fingerprint density at radius 1 is 1.33 bits per heavy atom. The van der Waals surface area contributed by atoms with Crippen molar-refractivity contribution in [2.45, 2.75) is 36.6 Å². The average Bonchev–Trinajstić information content (AvgIpc) is 2.88. The number of carboxylic acid groups (broad SMARTS) is 1. The maximum Gasteiger partial charge on any atom is 0.328 e. The number of nitrogens with one attached hydrogen (secondary N) is 1. The van der Waals surface area contributed by atoms with Gasteiger partial charge in [-0.25, -0.2) is 22.3 Å². The monoisotopic (exact) mass is 313 g/mol. The first-order chi connectivity index (χ1) is 9.88. The molecule has 0 atom stereocenters. The maximum absolute atomic E-state index is 13.9. The second-order valence-corrected chi connectivity index (χ2v) is 6.65. The van der Waals surface area contributed by atoms with E-state index in [2.05, 4.69) is 4.72 Å². The number of carbonyl (C=O) groups is 1. The molecule has 0 bridgehead atoms. The summed E-state index contributed by atoms with van der Waals surface area (Å²) in [6.07, 6.45) is 5.52. The molecule has 2 rings (SSSR count). The lowest BCUT2D eigenvalue weighted by Crippen LogP contribution is -2.33. The molecular weight excluding hydrogens is 297 g/mol. The van der Waals surface area contributed by atoms with Gasteiger partial charge in [-0.1, -0.05) is 18.9 Å². The van der Waals surface area contributed by atoms with E-state index in [1.54, 1.807) is 0 Å². The van der Waals surface area contributed by atoms with Gasteiger partial charge < -0.3 is 5.11 Å². The van der Waals surface area contributed by atoms with E-state index >= 15 is 0 Å². The van der Waals surface area contributed by atoms with Crippen molar-refractivity contribution in [2.75, 3.05) is 0 Å². The van der Waals surface area contributed by atoms with Gasteiger partial charge in [0.2, 0.25) is 10.0 Å². The van der Waals surface area contributed by atoms with Crippen molar-refractivity contribution < 1.29 is 22.7 Å². The largest absolute Gasteiger partial charge is 0.478 e. The summed E-state index contributed by atoms with van der Waals surface area (Å²) in [5.41, 5.74) is 0.287. The van der Waals surface area contributed by atoms with Crippen LogP contribution in [0.5, 0.6) is 0 Å². The molecule has 21 heavy (non-hydrogen) atoms. The van der Waals surface area contributed by atoms with Crippen LogP contribution in [0.1, 0.15) is 31.2 Å². The van der Waals surface area contributed by atoms with Gasteiger partial charge in [0.05, 0.1) is 0 Å². The van der Waals surface area contributed by atoms with E-state index < -0.39 is 26.7 Å². The number of hydrogen-bond acceptors (Lipinski definition) is 3. The lowest BCUT2D eigenvalue weighted by molar-refractivity contribution is -0.131. The van der Waals surface area contributed by atoms with Crippen molar-refractivity contribution in [1.29, 1.82) is 0 Å². The third-order valence-electron chi connectivity index (χ3n) is 3.34. The molecule has 7 heteroatoms. The smallest absolute Gasteiger partial charge is 0.328 e. The van der Waals surface area contributed by atoms with Gasteiger partial charge in [-0.15, -0.1) is 0 Å². The summed E-state index contributed by atoms with van der Waals surface area (Å²) in [6, 6.07) is 3.38. The fourth-order valence-corrected chi connectivity index (χ4v) is 3.70. The van der Waals surface area contributed by atoms with Gasteiger partial charge in [0.25, 0.3) is 0 Å². The third kappa shape index (κ3) is 4.12. The predicted molar refractivity (Wildman–Crippen MR) is 75.6 cm³/mol. The normalized spacial score (nSPS) is 16.6. The summed E-state index contributed by atoms with van der Waals surface area (Å²) < 4.78 is 40.7. The fourth-order valence-electron chi connectivity index (χ4n) is 2.33. The third-order valence-corrected chi connectivity index (χ3v) is 4.89. The van der Waals surface area contributed by atoms with Crippen molar-refractivity contribution >= 4 is 22.1 Å². The van der Waals surface area contributed by atoms with Crippen LogP contribution in [0.2, 0.25) is 0 Å². The molecule has 0 amide bonds. The van der Waals surface area contributed by atoms with E-state index in [1.807, 2.05) is 0 Å². The molecule has 1 aromatic carbocycles. The van der Waals surface area contributed by atoms with Crippen LogP contribution in [0.4, 0.5) is 4.39 Å². The number of carboxylic acids is 1. The van der Waals surface area contributed by atoms with Gasteiger partial charge in [-0.2, -0.15) is 0 Å². The molecule has 5 nitrogen and oxygen atoms in total. The van der Waals surface area contributed by atoms with E-state index in [0.29, 0.717) is 0 Å². The molecule has 1 aromatic rings. The summed E-state index contributed by atoms with van der Waals surface area (Å²) in [5, 5.41) is 8.50. The van der Waals surface area contributed by atoms with Crippen LogP contribution >= 0.6 is 0 Å². The second kappa shape index (κ2) is 6.36. The van der Waals surface area contributed by atoms with Crippen LogP contribution in [-0.4, -0.2) is 25.5 Å². The number of benzene rings is 1. The van der Waals surface area contributed by atoms with Gasteiger partial charge >= 0.3 is 5.97 Å². The van der Waals surface area contributed by atoms with Crippen molar-refractivity contribution in [3.63, 3.8) is 0 Å². The standard InChI is InChI=1S/C14H16FNO4S/c15-12-9-10(6-8-14(17)18)5-7-13(12)21(19,20)16-11-3-1-2-4-11/h5-9,11,16H,1-4H2,(H,17,18)/b8-6+. The van der Waals surface area contributed by atoms with E-state index in [0.717, 1.165) is 43.9 Å². The Hall–Kier alpha value is -1.73. The molecule has 0 unspecified atom stereocenters. The number of halogens is 1. The van der Waals surface area contributed by atoms with Gasteiger partial charge in [-0.05, 0) is 36.6 Å². The highest BCUT2D eigenvalue weighted by Crippen LogP contribution is 2.22. The molecule has 1 fully saturated rings. The van der Waals surface area contributed by atoms with Gasteiger partial charge in [-0.3, -0.25) is 0 Å². The SMILES string of the molecule is O=C(O)/C=C/c1ccc(S(=O)(=O)NC2CCCC2)c(F)c1. The first-order valence-electron chi connectivity index (χ1n) is 6.61. The van der Waals surface area contributed by atoms with Crippen molar-refractivity contribution in [3.8, 4) is 0 Å². The molecule has 0 saturated heterocycles. The van der Waals surface area contributed by atoms with Gasteiger partial charge in [0.15, 0.2) is 0 Å². The number of rotatable bonds is 5. The minimum Gasteiger partial charge on any atom is -0.478 e. The number of aliphatic carboxylic acids is 1.